The normalized spacial score (nSPS) is 9.40. The van der Waals surface area contributed by atoms with Gasteiger partial charge in [0.15, 0.2) is 0 Å². The van der Waals surface area contributed by atoms with Crippen molar-refractivity contribution in [2.24, 2.45) is 5.84 Å². The van der Waals surface area contributed by atoms with Crippen LogP contribution in [0, 0.1) is 0 Å². The lowest BCUT2D eigenvalue weighted by molar-refractivity contribution is 1.35. The van der Waals surface area contributed by atoms with Crippen LogP contribution in [0.1, 0.15) is 0 Å². The molecular formula is C6H8ClN3. The summed E-state index contributed by atoms with van der Waals surface area (Å²) in [6.07, 6.45) is 0. The van der Waals surface area contributed by atoms with Gasteiger partial charge in [-0.1, -0.05) is 11.6 Å². The van der Waals surface area contributed by atoms with Crippen LogP contribution in [0.25, 0.3) is 0 Å². The van der Waals surface area contributed by atoms with Crippen LogP contribution in [0.5, 0.6) is 0 Å². The summed E-state index contributed by atoms with van der Waals surface area (Å²) >= 11 is 5.64. The Balaban J connectivity index is 3.04. The summed E-state index contributed by atoms with van der Waals surface area (Å²) in [6.45, 7) is 0. The van der Waals surface area contributed by atoms with Gasteiger partial charge in [0.2, 0.25) is 0 Å². The van der Waals surface area contributed by atoms with Crippen molar-refractivity contribution >= 4 is 23.0 Å². The maximum atomic E-state index is 5.64. The lowest BCUT2D eigenvalue weighted by Gasteiger charge is -2.01. The molecule has 0 saturated carbocycles. The first kappa shape index (κ1) is 7.18. The van der Waals surface area contributed by atoms with Gasteiger partial charge < -0.3 is 11.2 Å². The number of rotatable bonds is 1. The van der Waals surface area contributed by atoms with E-state index in [1.54, 1.807) is 18.2 Å². The monoisotopic (exact) mass is 157 g/mol. The molecule has 0 aliphatic carbocycles. The van der Waals surface area contributed by atoms with Crippen LogP contribution in [0.2, 0.25) is 5.02 Å². The quantitative estimate of drug-likeness (QED) is 0.326. The predicted octanol–water partition coefficient (Wildman–Crippen LogP) is 1.21. The number of nitrogens with one attached hydrogen (secondary N) is 1. The predicted molar refractivity (Wildman–Crippen MR) is 43.7 cm³/mol. The summed E-state index contributed by atoms with van der Waals surface area (Å²) < 4.78 is 0. The van der Waals surface area contributed by atoms with Crippen molar-refractivity contribution in [3.63, 3.8) is 0 Å². The number of nitrogen functional groups attached to an aromatic ring is 2. The number of hydrogen-bond donors (Lipinski definition) is 3. The number of benzene rings is 1. The van der Waals surface area contributed by atoms with E-state index in [9.17, 15) is 0 Å². The van der Waals surface area contributed by atoms with Gasteiger partial charge >= 0.3 is 0 Å². The van der Waals surface area contributed by atoms with E-state index >= 15 is 0 Å². The molecule has 0 saturated heterocycles. The summed E-state index contributed by atoms with van der Waals surface area (Å²) in [4.78, 5) is 0. The van der Waals surface area contributed by atoms with E-state index in [1.807, 2.05) is 0 Å². The summed E-state index contributed by atoms with van der Waals surface area (Å²) in [7, 11) is 0. The fourth-order valence-corrected chi connectivity index (χ4v) is 0.751. The highest BCUT2D eigenvalue weighted by Gasteiger charge is 1.94. The number of halogens is 1. The van der Waals surface area contributed by atoms with Crippen LogP contribution in [-0.2, 0) is 0 Å². The van der Waals surface area contributed by atoms with Crippen molar-refractivity contribution in [2.45, 2.75) is 0 Å². The second-order valence-electron chi connectivity index (χ2n) is 1.88. The molecule has 0 unspecified atom stereocenters. The third-order valence-electron chi connectivity index (χ3n) is 1.16. The third-order valence-corrected chi connectivity index (χ3v) is 1.51. The van der Waals surface area contributed by atoms with E-state index in [-0.39, 0.29) is 0 Å². The van der Waals surface area contributed by atoms with E-state index in [2.05, 4.69) is 5.43 Å². The van der Waals surface area contributed by atoms with Crippen LogP contribution in [0.15, 0.2) is 18.2 Å². The largest absolute Gasteiger partial charge is 0.397 e. The van der Waals surface area contributed by atoms with Gasteiger partial charge in [-0.3, -0.25) is 5.84 Å². The Bertz CT molecular complexity index is 236. The van der Waals surface area contributed by atoms with Crippen molar-refractivity contribution in [3.05, 3.63) is 23.2 Å². The molecule has 1 rings (SSSR count). The van der Waals surface area contributed by atoms with Crippen LogP contribution in [0.3, 0.4) is 0 Å². The molecule has 5 N–H and O–H groups in total. The van der Waals surface area contributed by atoms with Gasteiger partial charge in [-0.2, -0.15) is 0 Å². The fraction of sp³-hybridized carbons (Fsp3) is 0. The first-order valence-corrected chi connectivity index (χ1v) is 3.13. The molecule has 0 fully saturated rings. The van der Waals surface area contributed by atoms with Gasteiger partial charge in [-0.25, -0.2) is 0 Å². The zero-order valence-corrected chi connectivity index (χ0v) is 6.02. The van der Waals surface area contributed by atoms with Gasteiger partial charge in [0.05, 0.1) is 16.4 Å². The Morgan fingerprint density at radius 3 is 2.60 bits per heavy atom. The zero-order chi connectivity index (χ0) is 7.56. The highest BCUT2D eigenvalue weighted by molar-refractivity contribution is 6.33. The number of hydrogen-bond acceptors (Lipinski definition) is 3. The number of anilines is 2. The molecule has 0 aromatic heterocycles. The number of nitrogens with two attached hydrogens (primary N) is 2. The summed E-state index contributed by atoms with van der Waals surface area (Å²) in [5.41, 5.74) is 9.20. The lowest BCUT2D eigenvalue weighted by atomic mass is 10.3. The maximum Gasteiger partial charge on any atom is 0.0636 e. The van der Waals surface area contributed by atoms with Gasteiger partial charge in [-0.05, 0) is 18.2 Å². The fourth-order valence-electron chi connectivity index (χ4n) is 0.634. The standard InChI is InChI=1S/C6H8ClN3/c7-5-2-1-4(10-9)3-6(5)8/h1-3,10H,8-9H2. The molecule has 0 atom stereocenters. The molecule has 1 aromatic carbocycles. The minimum Gasteiger partial charge on any atom is -0.397 e. The Kier molecular flexibility index (Phi) is 1.99. The molecular weight excluding hydrogens is 150 g/mol. The lowest BCUT2D eigenvalue weighted by Crippen LogP contribution is -2.06. The zero-order valence-electron chi connectivity index (χ0n) is 5.26. The summed E-state index contributed by atoms with van der Waals surface area (Å²) in [6, 6.07) is 5.10. The molecule has 1 aromatic rings. The Hall–Kier alpha value is -0.930. The van der Waals surface area contributed by atoms with Crippen LogP contribution in [0.4, 0.5) is 11.4 Å². The Morgan fingerprint density at radius 1 is 1.40 bits per heavy atom. The molecule has 4 heteroatoms. The van der Waals surface area contributed by atoms with Crippen molar-refractivity contribution in [2.75, 3.05) is 11.2 Å². The van der Waals surface area contributed by atoms with E-state index < -0.39 is 0 Å². The van der Waals surface area contributed by atoms with E-state index in [0.29, 0.717) is 10.7 Å². The topological polar surface area (TPSA) is 64.1 Å². The molecule has 0 heterocycles. The summed E-state index contributed by atoms with van der Waals surface area (Å²) in [5.74, 6) is 5.12. The van der Waals surface area contributed by atoms with Gasteiger partial charge in [0.25, 0.3) is 0 Å². The van der Waals surface area contributed by atoms with Crippen molar-refractivity contribution in [3.8, 4) is 0 Å². The molecule has 3 nitrogen and oxygen atoms in total. The third kappa shape index (κ3) is 1.32. The van der Waals surface area contributed by atoms with Crippen LogP contribution >= 0.6 is 11.6 Å². The highest BCUT2D eigenvalue weighted by Crippen LogP contribution is 2.21. The van der Waals surface area contributed by atoms with Crippen molar-refractivity contribution < 1.29 is 0 Å². The molecule has 0 bridgehead atoms. The van der Waals surface area contributed by atoms with E-state index in [0.717, 1.165) is 5.69 Å². The van der Waals surface area contributed by atoms with Crippen LogP contribution in [-0.4, -0.2) is 0 Å². The number of hydrazine groups is 1. The Morgan fingerprint density at radius 2 is 2.10 bits per heavy atom. The first-order chi connectivity index (χ1) is 4.74. The second kappa shape index (κ2) is 2.77. The van der Waals surface area contributed by atoms with Gasteiger partial charge in [0, 0.05) is 0 Å². The maximum absolute atomic E-state index is 5.64. The molecule has 0 spiro atoms. The van der Waals surface area contributed by atoms with E-state index in [4.69, 9.17) is 23.2 Å². The second-order valence-corrected chi connectivity index (χ2v) is 2.29. The first-order valence-electron chi connectivity index (χ1n) is 2.75. The summed E-state index contributed by atoms with van der Waals surface area (Å²) in [5, 5.41) is 0.541. The average Bonchev–Trinajstić information content (AvgIpc) is 1.95. The van der Waals surface area contributed by atoms with Crippen molar-refractivity contribution in [1.82, 2.24) is 0 Å². The van der Waals surface area contributed by atoms with Crippen molar-refractivity contribution in [1.29, 1.82) is 0 Å². The molecule has 0 radical (unpaired) electrons. The smallest absolute Gasteiger partial charge is 0.0636 e. The minimum atomic E-state index is 0.525. The minimum absolute atomic E-state index is 0.525. The molecule has 10 heavy (non-hydrogen) atoms. The SMILES string of the molecule is NNc1ccc(Cl)c(N)c1. The average molecular weight is 158 g/mol. The van der Waals surface area contributed by atoms with E-state index in [1.165, 1.54) is 0 Å². The van der Waals surface area contributed by atoms with Gasteiger partial charge in [-0.15, -0.1) is 0 Å². The van der Waals surface area contributed by atoms with Crippen LogP contribution < -0.4 is 17.0 Å². The molecule has 0 amide bonds. The molecule has 0 aliphatic heterocycles. The molecule has 0 aliphatic rings. The molecule has 54 valence electrons. The Labute approximate surface area is 63.9 Å². The van der Waals surface area contributed by atoms with Gasteiger partial charge in [0.1, 0.15) is 0 Å². The highest BCUT2D eigenvalue weighted by atomic mass is 35.5.